The first-order chi connectivity index (χ1) is 12.3. The Balaban J connectivity index is 1.88. The third kappa shape index (κ3) is 2.72. The van der Waals surface area contributed by atoms with Crippen LogP contribution in [0.5, 0.6) is 11.5 Å². The minimum atomic E-state index is 0.829. The van der Waals surface area contributed by atoms with Gasteiger partial charge in [0.25, 0.3) is 0 Å². The van der Waals surface area contributed by atoms with Gasteiger partial charge in [-0.15, -0.1) is 0 Å². The first-order valence-corrected chi connectivity index (χ1v) is 8.07. The van der Waals surface area contributed by atoms with Crippen molar-refractivity contribution in [1.82, 2.24) is 9.78 Å². The Hall–Kier alpha value is -3.27. The second-order valence-corrected chi connectivity index (χ2v) is 5.70. The normalized spacial score (nSPS) is 10.8. The molecule has 1 aromatic heterocycles. The van der Waals surface area contributed by atoms with Crippen molar-refractivity contribution in [2.24, 2.45) is 0 Å². The van der Waals surface area contributed by atoms with E-state index in [4.69, 9.17) is 14.6 Å². The molecule has 0 atom stereocenters. The highest BCUT2D eigenvalue weighted by molar-refractivity contribution is 5.94. The Labute approximate surface area is 146 Å². The van der Waals surface area contributed by atoms with Gasteiger partial charge in [-0.3, -0.25) is 0 Å². The van der Waals surface area contributed by atoms with E-state index in [0.29, 0.717) is 0 Å². The van der Waals surface area contributed by atoms with Gasteiger partial charge < -0.3 is 9.47 Å². The van der Waals surface area contributed by atoms with Crippen LogP contribution in [0.15, 0.2) is 72.8 Å². The van der Waals surface area contributed by atoms with Crippen LogP contribution in [0.25, 0.3) is 27.8 Å². The van der Waals surface area contributed by atoms with E-state index in [0.717, 1.165) is 39.3 Å². The lowest BCUT2D eigenvalue weighted by Gasteiger charge is -2.05. The van der Waals surface area contributed by atoms with Crippen LogP contribution in [0.4, 0.5) is 0 Å². The predicted molar refractivity (Wildman–Crippen MR) is 99.6 cm³/mol. The van der Waals surface area contributed by atoms with Gasteiger partial charge in [0.05, 0.1) is 25.4 Å². The molecule has 0 aliphatic rings. The van der Waals surface area contributed by atoms with E-state index in [9.17, 15) is 0 Å². The van der Waals surface area contributed by atoms with E-state index in [1.807, 2.05) is 65.3 Å². The summed E-state index contributed by atoms with van der Waals surface area (Å²) in [6.45, 7) is 0. The second-order valence-electron chi connectivity index (χ2n) is 5.70. The van der Waals surface area contributed by atoms with Gasteiger partial charge in [0.2, 0.25) is 0 Å². The van der Waals surface area contributed by atoms with Crippen molar-refractivity contribution in [3.05, 3.63) is 72.8 Å². The standard InChI is InChI=1S/C21H18N2O2/c1-24-17-11-7-15(8-12-17)21-19-5-3-4-6-20(19)23(22-21)16-9-13-18(25-2)14-10-16/h3-14H,1-2H3. The van der Waals surface area contributed by atoms with Gasteiger partial charge in [0.1, 0.15) is 17.2 Å². The zero-order chi connectivity index (χ0) is 17.2. The molecule has 0 amide bonds. The molecule has 0 aliphatic carbocycles. The van der Waals surface area contributed by atoms with Gasteiger partial charge in [-0.1, -0.05) is 18.2 Å². The Kier molecular flexibility index (Phi) is 3.86. The van der Waals surface area contributed by atoms with E-state index in [1.54, 1.807) is 14.2 Å². The maximum atomic E-state index is 5.25. The summed E-state index contributed by atoms with van der Waals surface area (Å²) in [4.78, 5) is 0. The fourth-order valence-corrected chi connectivity index (χ4v) is 2.95. The molecule has 1 heterocycles. The van der Waals surface area contributed by atoms with Gasteiger partial charge in [-0.25, -0.2) is 4.68 Å². The smallest absolute Gasteiger partial charge is 0.119 e. The minimum absolute atomic E-state index is 0.829. The van der Waals surface area contributed by atoms with Crippen molar-refractivity contribution in [1.29, 1.82) is 0 Å². The Morgan fingerprint density at radius 3 is 1.96 bits per heavy atom. The fourth-order valence-electron chi connectivity index (χ4n) is 2.95. The number of hydrogen-bond donors (Lipinski definition) is 0. The van der Waals surface area contributed by atoms with Crippen LogP contribution in [-0.4, -0.2) is 24.0 Å². The molecule has 3 aromatic carbocycles. The molecule has 0 fully saturated rings. The topological polar surface area (TPSA) is 36.3 Å². The highest BCUT2D eigenvalue weighted by Gasteiger charge is 2.13. The number of para-hydroxylation sites is 1. The molecule has 0 N–H and O–H groups in total. The van der Waals surface area contributed by atoms with Crippen LogP contribution in [-0.2, 0) is 0 Å². The zero-order valence-electron chi connectivity index (χ0n) is 14.1. The Morgan fingerprint density at radius 1 is 0.720 bits per heavy atom. The maximum Gasteiger partial charge on any atom is 0.119 e. The molecule has 0 unspecified atom stereocenters. The lowest BCUT2D eigenvalue weighted by Crippen LogP contribution is -1.96. The zero-order valence-corrected chi connectivity index (χ0v) is 14.1. The average molecular weight is 330 g/mol. The molecule has 4 nitrogen and oxygen atoms in total. The lowest BCUT2D eigenvalue weighted by molar-refractivity contribution is 0.414. The molecule has 0 aliphatic heterocycles. The van der Waals surface area contributed by atoms with Crippen molar-refractivity contribution in [3.63, 3.8) is 0 Å². The fraction of sp³-hybridized carbons (Fsp3) is 0.0952. The third-order valence-corrected chi connectivity index (χ3v) is 4.27. The summed E-state index contributed by atoms with van der Waals surface area (Å²) in [6, 6.07) is 24.1. The third-order valence-electron chi connectivity index (χ3n) is 4.27. The van der Waals surface area contributed by atoms with Crippen LogP contribution in [0, 0.1) is 0 Å². The van der Waals surface area contributed by atoms with Gasteiger partial charge in [-0.05, 0) is 54.6 Å². The van der Waals surface area contributed by atoms with Crippen molar-refractivity contribution in [2.75, 3.05) is 14.2 Å². The van der Waals surface area contributed by atoms with Crippen molar-refractivity contribution >= 4 is 10.9 Å². The highest BCUT2D eigenvalue weighted by Crippen LogP contribution is 2.31. The quantitative estimate of drug-likeness (QED) is 0.544. The van der Waals surface area contributed by atoms with Crippen LogP contribution < -0.4 is 9.47 Å². The number of benzene rings is 3. The molecule has 0 spiro atoms. The summed E-state index contributed by atoms with van der Waals surface area (Å²) in [5, 5.41) is 5.99. The summed E-state index contributed by atoms with van der Waals surface area (Å²) in [7, 11) is 3.34. The molecule has 0 radical (unpaired) electrons. The molecule has 0 bridgehead atoms. The summed E-state index contributed by atoms with van der Waals surface area (Å²) in [5.41, 5.74) is 4.08. The molecular formula is C21H18N2O2. The molecule has 25 heavy (non-hydrogen) atoms. The number of hydrogen-bond acceptors (Lipinski definition) is 3. The Morgan fingerprint density at radius 2 is 1.32 bits per heavy atom. The number of fused-ring (bicyclic) bond motifs is 1. The number of nitrogens with zero attached hydrogens (tertiary/aromatic N) is 2. The SMILES string of the molecule is COc1ccc(-c2nn(-c3ccc(OC)cc3)c3ccccc23)cc1. The van der Waals surface area contributed by atoms with E-state index < -0.39 is 0 Å². The summed E-state index contributed by atoms with van der Waals surface area (Å²) in [5.74, 6) is 1.67. The second kappa shape index (κ2) is 6.32. The molecule has 0 saturated heterocycles. The van der Waals surface area contributed by atoms with Gasteiger partial charge in [0.15, 0.2) is 0 Å². The molecule has 0 saturated carbocycles. The highest BCUT2D eigenvalue weighted by atomic mass is 16.5. The molecule has 4 heteroatoms. The molecule has 4 aromatic rings. The number of rotatable bonds is 4. The number of methoxy groups -OCH3 is 2. The van der Waals surface area contributed by atoms with Gasteiger partial charge in [0, 0.05) is 10.9 Å². The van der Waals surface area contributed by atoms with Crippen molar-refractivity contribution < 1.29 is 9.47 Å². The average Bonchev–Trinajstić information content (AvgIpc) is 3.08. The van der Waals surface area contributed by atoms with Gasteiger partial charge in [-0.2, -0.15) is 5.10 Å². The van der Waals surface area contributed by atoms with Crippen LogP contribution >= 0.6 is 0 Å². The Bertz CT molecular complexity index is 921. The summed E-state index contributed by atoms with van der Waals surface area (Å²) in [6.07, 6.45) is 0. The number of ether oxygens (including phenoxy) is 2. The minimum Gasteiger partial charge on any atom is -0.497 e. The molecular weight excluding hydrogens is 312 g/mol. The molecule has 124 valence electrons. The maximum absolute atomic E-state index is 5.25. The lowest BCUT2D eigenvalue weighted by atomic mass is 10.1. The monoisotopic (exact) mass is 330 g/mol. The van der Waals surface area contributed by atoms with Crippen LogP contribution in [0.2, 0.25) is 0 Å². The van der Waals surface area contributed by atoms with Gasteiger partial charge >= 0.3 is 0 Å². The summed E-state index contributed by atoms with van der Waals surface area (Å²) < 4.78 is 12.5. The first kappa shape index (κ1) is 15.3. The predicted octanol–water partition coefficient (Wildman–Crippen LogP) is 4.71. The van der Waals surface area contributed by atoms with E-state index in [1.165, 1.54) is 0 Å². The van der Waals surface area contributed by atoms with E-state index in [2.05, 4.69) is 12.1 Å². The molecule has 4 rings (SSSR count). The van der Waals surface area contributed by atoms with Crippen molar-refractivity contribution in [3.8, 4) is 28.4 Å². The van der Waals surface area contributed by atoms with E-state index >= 15 is 0 Å². The first-order valence-electron chi connectivity index (χ1n) is 8.07. The van der Waals surface area contributed by atoms with E-state index in [-0.39, 0.29) is 0 Å². The van der Waals surface area contributed by atoms with Crippen LogP contribution in [0.3, 0.4) is 0 Å². The largest absolute Gasteiger partial charge is 0.497 e. The van der Waals surface area contributed by atoms with Crippen LogP contribution in [0.1, 0.15) is 0 Å². The van der Waals surface area contributed by atoms with Crippen molar-refractivity contribution in [2.45, 2.75) is 0 Å². The summed E-state index contributed by atoms with van der Waals surface area (Å²) >= 11 is 0. The number of aromatic nitrogens is 2.